The zero-order valence-corrected chi connectivity index (χ0v) is 14.7. The number of hydrogen-bond donors (Lipinski definition) is 2. The number of nitrogens with one attached hydrogen (secondary N) is 2. The molecule has 3 rings (SSSR count). The molecule has 1 saturated heterocycles. The lowest BCUT2D eigenvalue weighted by Gasteiger charge is -2.55. The molecule has 2 N–H and O–H groups in total. The van der Waals surface area contributed by atoms with Gasteiger partial charge in [0.1, 0.15) is 0 Å². The van der Waals surface area contributed by atoms with Gasteiger partial charge in [-0.1, -0.05) is 40.0 Å². The zero-order chi connectivity index (χ0) is 15.7. The van der Waals surface area contributed by atoms with E-state index in [0.717, 1.165) is 18.5 Å². The number of aliphatic imine (C=N–C) groups is 1. The van der Waals surface area contributed by atoms with E-state index < -0.39 is 0 Å². The van der Waals surface area contributed by atoms with Crippen molar-refractivity contribution in [1.29, 1.82) is 0 Å². The summed E-state index contributed by atoms with van der Waals surface area (Å²) in [5.41, 5.74) is 0.206. The summed E-state index contributed by atoms with van der Waals surface area (Å²) in [4.78, 5) is 4.49. The van der Waals surface area contributed by atoms with Gasteiger partial charge in [0.05, 0.1) is 6.10 Å². The predicted octanol–water partition coefficient (Wildman–Crippen LogP) is 2.93. The Bertz CT molecular complexity index is 421. The summed E-state index contributed by atoms with van der Waals surface area (Å²) >= 11 is 0. The van der Waals surface area contributed by atoms with Crippen LogP contribution in [0.1, 0.15) is 59.3 Å². The summed E-state index contributed by atoms with van der Waals surface area (Å²) in [6.45, 7) is 7.87. The second-order valence-corrected chi connectivity index (χ2v) is 8.04. The minimum atomic E-state index is 0.206. The largest absolute Gasteiger partial charge is 0.377 e. The molecule has 4 heteroatoms. The Morgan fingerprint density at radius 3 is 2.77 bits per heavy atom. The minimum absolute atomic E-state index is 0.206. The van der Waals surface area contributed by atoms with E-state index in [-0.39, 0.29) is 5.41 Å². The lowest BCUT2D eigenvalue weighted by Crippen LogP contribution is -2.68. The van der Waals surface area contributed by atoms with E-state index in [9.17, 15) is 0 Å². The van der Waals surface area contributed by atoms with E-state index in [2.05, 4.69) is 36.4 Å². The van der Waals surface area contributed by atoms with Crippen molar-refractivity contribution in [1.82, 2.24) is 10.6 Å². The molecule has 126 valence electrons. The molecule has 1 heterocycles. The van der Waals surface area contributed by atoms with Crippen molar-refractivity contribution in [2.24, 2.45) is 22.2 Å². The fraction of sp³-hybridized carbons (Fsp3) is 0.944. The van der Waals surface area contributed by atoms with Gasteiger partial charge in [0, 0.05) is 37.1 Å². The summed E-state index contributed by atoms with van der Waals surface area (Å²) in [6.07, 6.45) is 8.24. The van der Waals surface area contributed by atoms with Crippen molar-refractivity contribution >= 4 is 5.96 Å². The molecule has 5 unspecified atom stereocenters. The predicted molar refractivity (Wildman–Crippen MR) is 91.1 cm³/mol. The Morgan fingerprint density at radius 2 is 2.05 bits per heavy atom. The topological polar surface area (TPSA) is 45.7 Å². The van der Waals surface area contributed by atoms with Gasteiger partial charge in [-0.3, -0.25) is 4.99 Å². The molecule has 5 atom stereocenters. The van der Waals surface area contributed by atoms with Crippen molar-refractivity contribution in [3.63, 3.8) is 0 Å². The first-order valence-electron chi connectivity index (χ1n) is 9.17. The van der Waals surface area contributed by atoms with Crippen LogP contribution in [0.25, 0.3) is 0 Å². The number of guanidine groups is 1. The van der Waals surface area contributed by atoms with E-state index in [0.29, 0.717) is 24.1 Å². The average molecular weight is 307 g/mol. The molecule has 22 heavy (non-hydrogen) atoms. The van der Waals surface area contributed by atoms with E-state index in [1.807, 2.05) is 7.05 Å². The van der Waals surface area contributed by atoms with Gasteiger partial charge in [0.2, 0.25) is 0 Å². The number of hydrogen-bond acceptors (Lipinski definition) is 2. The van der Waals surface area contributed by atoms with Crippen LogP contribution >= 0.6 is 0 Å². The van der Waals surface area contributed by atoms with Crippen LogP contribution in [0, 0.1) is 17.3 Å². The quantitative estimate of drug-likeness (QED) is 0.622. The molecule has 0 aromatic carbocycles. The lowest BCUT2D eigenvalue weighted by atomic mass is 9.57. The van der Waals surface area contributed by atoms with Crippen molar-refractivity contribution in [3.05, 3.63) is 0 Å². The third kappa shape index (κ3) is 2.86. The first kappa shape index (κ1) is 16.1. The van der Waals surface area contributed by atoms with Crippen LogP contribution in [0.3, 0.4) is 0 Å². The smallest absolute Gasteiger partial charge is 0.191 e. The number of rotatable bonds is 3. The summed E-state index contributed by atoms with van der Waals surface area (Å²) in [7, 11) is 1.89. The van der Waals surface area contributed by atoms with Crippen molar-refractivity contribution in [2.75, 3.05) is 13.7 Å². The number of fused-ring (bicyclic) bond motifs is 1. The van der Waals surface area contributed by atoms with Crippen molar-refractivity contribution in [2.45, 2.75) is 77.5 Å². The molecule has 2 aliphatic carbocycles. The van der Waals surface area contributed by atoms with Crippen LogP contribution in [0.15, 0.2) is 4.99 Å². The highest BCUT2D eigenvalue weighted by molar-refractivity contribution is 5.80. The van der Waals surface area contributed by atoms with E-state index in [1.54, 1.807) is 0 Å². The van der Waals surface area contributed by atoms with Gasteiger partial charge >= 0.3 is 0 Å². The molecule has 3 fully saturated rings. The molecular weight excluding hydrogens is 274 g/mol. The second kappa shape index (κ2) is 6.38. The fourth-order valence-corrected chi connectivity index (χ4v) is 4.92. The highest BCUT2D eigenvalue weighted by atomic mass is 16.5. The van der Waals surface area contributed by atoms with Gasteiger partial charge in [-0.25, -0.2) is 0 Å². The summed E-state index contributed by atoms with van der Waals surface area (Å²) in [6, 6.07) is 1.07. The van der Waals surface area contributed by atoms with Crippen LogP contribution in [0.4, 0.5) is 0 Å². The first-order valence-corrected chi connectivity index (χ1v) is 9.17. The fourth-order valence-electron chi connectivity index (χ4n) is 4.92. The Balaban J connectivity index is 1.56. The summed E-state index contributed by atoms with van der Waals surface area (Å²) < 4.78 is 5.89. The van der Waals surface area contributed by atoms with Gasteiger partial charge in [-0.05, 0) is 25.2 Å². The number of nitrogens with zero attached hydrogens (tertiary/aromatic N) is 1. The number of ether oxygens (including phenoxy) is 1. The van der Waals surface area contributed by atoms with E-state index in [4.69, 9.17) is 4.74 Å². The molecular formula is C18H33N3O. The van der Waals surface area contributed by atoms with Gasteiger partial charge in [-0.15, -0.1) is 0 Å². The van der Waals surface area contributed by atoms with Crippen LogP contribution < -0.4 is 10.6 Å². The monoisotopic (exact) mass is 307 g/mol. The Hall–Kier alpha value is -0.770. The molecule has 0 radical (unpaired) electrons. The Morgan fingerprint density at radius 1 is 1.23 bits per heavy atom. The zero-order valence-electron chi connectivity index (χ0n) is 14.7. The normalized spacial score (nSPS) is 40.7. The molecule has 0 amide bonds. The summed E-state index contributed by atoms with van der Waals surface area (Å²) in [5.74, 6) is 2.53. The van der Waals surface area contributed by atoms with Gasteiger partial charge < -0.3 is 15.4 Å². The molecule has 4 nitrogen and oxygen atoms in total. The van der Waals surface area contributed by atoms with E-state index >= 15 is 0 Å². The molecule has 0 aromatic heterocycles. The van der Waals surface area contributed by atoms with Crippen LogP contribution in [0.5, 0.6) is 0 Å². The lowest BCUT2D eigenvalue weighted by molar-refractivity contribution is -0.106. The maximum Gasteiger partial charge on any atom is 0.191 e. The van der Waals surface area contributed by atoms with Crippen LogP contribution in [0.2, 0.25) is 0 Å². The molecule has 0 bridgehead atoms. The molecule has 2 saturated carbocycles. The minimum Gasteiger partial charge on any atom is -0.377 e. The first-order chi connectivity index (χ1) is 10.6. The maximum atomic E-state index is 5.89. The molecule has 0 spiro atoms. The highest BCUT2D eigenvalue weighted by Crippen LogP contribution is 2.52. The van der Waals surface area contributed by atoms with Gasteiger partial charge in [0.15, 0.2) is 5.96 Å². The highest BCUT2D eigenvalue weighted by Gasteiger charge is 2.59. The SMILES string of the molecule is CCC1CCCC(NC(=NC)NC2C3CCOC3C2(C)C)C1. The molecule has 0 aromatic rings. The Kier molecular flexibility index (Phi) is 4.67. The van der Waals surface area contributed by atoms with Crippen LogP contribution in [-0.4, -0.2) is 37.8 Å². The summed E-state index contributed by atoms with van der Waals surface area (Å²) in [5, 5.41) is 7.39. The second-order valence-electron chi connectivity index (χ2n) is 8.04. The maximum absolute atomic E-state index is 5.89. The standard InChI is InChI=1S/C18H33N3O/c1-5-12-7-6-8-13(11-12)20-17(19-4)21-15-14-9-10-22-16(14)18(15,2)3/h12-16H,5-11H2,1-4H3,(H2,19,20,21). The molecule has 3 aliphatic rings. The van der Waals surface area contributed by atoms with Crippen LogP contribution in [-0.2, 0) is 4.74 Å². The van der Waals surface area contributed by atoms with Gasteiger partial charge in [-0.2, -0.15) is 0 Å². The van der Waals surface area contributed by atoms with Crippen molar-refractivity contribution < 1.29 is 4.74 Å². The third-order valence-corrected chi connectivity index (χ3v) is 6.32. The Labute approximate surface area is 135 Å². The average Bonchev–Trinajstić information content (AvgIpc) is 2.98. The molecule has 1 aliphatic heterocycles. The van der Waals surface area contributed by atoms with E-state index in [1.165, 1.54) is 38.5 Å². The van der Waals surface area contributed by atoms with Gasteiger partial charge in [0.25, 0.3) is 0 Å². The third-order valence-electron chi connectivity index (χ3n) is 6.32. The van der Waals surface area contributed by atoms with Crippen molar-refractivity contribution in [3.8, 4) is 0 Å².